The smallest absolute Gasteiger partial charge is 0.243 e. The first-order chi connectivity index (χ1) is 13.0. The summed E-state index contributed by atoms with van der Waals surface area (Å²) in [6.45, 7) is 2.00. The molecule has 1 aliphatic heterocycles. The lowest BCUT2D eigenvalue weighted by atomic mass is 9.97. The zero-order valence-corrected chi connectivity index (χ0v) is 16.3. The Bertz CT molecular complexity index is 1010. The highest BCUT2D eigenvalue weighted by molar-refractivity contribution is 7.89. The molecule has 27 heavy (non-hydrogen) atoms. The van der Waals surface area contributed by atoms with E-state index in [1.54, 1.807) is 11.3 Å². The standard InChI is InChI=1S/C19H20FN3O2S2/c20-15-5-1-4-8-18(15)27(24,25)21-13-14-9-11-23(12-10-14)19-22-16-6-2-3-7-17(16)26-19/h1-8,14,21H,9-13H2. The van der Waals surface area contributed by atoms with Gasteiger partial charge >= 0.3 is 0 Å². The summed E-state index contributed by atoms with van der Waals surface area (Å²) in [7, 11) is -3.82. The number of benzene rings is 2. The van der Waals surface area contributed by atoms with E-state index < -0.39 is 15.8 Å². The summed E-state index contributed by atoms with van der Waals surface area (Å²) in [5.74, 6) is -0.493. The van der Waals surface area contributed by atoms with Gasteiger partial charge in [0, 0.05) is 19.6 Å². The molecule has 2 aromatic carbocycles. The molecule has 0 atom stereocenters. The summed E-state index contributed by atoms with van der Waals surface area (Å²) in [4.78, 5) is 6.65. The summed E-state index contributed by atoms with van der Waals surface area (Å²) in [6.07, 6.45) is 1.74. The SMILES string of the molecule is O=S(=O)(NCC1CCN(c2nc3ccccc3s2)CC1)c1ccccc1F. The fourth-order valence-corrected chi connectivity index (χ4v) is 5.50. The zero-order valence-electron chi connectivity index (χ0n) is 14.6. The molecule has 1 aliphatic rings. The molecule has 3 aromatic rings. The minimum absolute atomic E-state index is 0.233. The van der Waals surface area contributed by atoms with Gasteiger partial charge in [0.25, 0.3) is 0 Å². The average Bonchev–Trinajstić information content (AvgIpc) is 3.11. The van der Waals surface area contributed by atoms with Crippen molar-refractivity contribution in [1.29, 1.82) is 0 Å². The molecule has 142 valence electrons. The quantitative estimate of drug-likeness (QED) is 0.704. The second-order valence-corrected chi connectivity index (χ2v) is 9.42. The number of aromatic nitrogens is 1. The van der Waals surface area contributed by atoms with Crippen molar-refractivity contribution in [1.82, 2.24) is 9.71 Å². The number of fused-ring (bicyclic) bond motifs is 1. The predicted molar refractivity (Wildman–Crippen MR) is 106 cm³/mol. The van der Waals surface area contributed by atoms with Crippen molar-refractivity contribution in [3.05, 3.63) is 54.3 Å². The van der Waals surface area contributed by atoms with Gasteiger partial charge in [-0.2, -0.15) is 0 Å². The van der Waals surface area contributed by atoms with E-state index in [4.69, 9.17) is 0 Å². The maximum atomic E-state index is 13.7. The van der Waals surface area contributed by atoms with Gasteiger partial charge in [-0.1, -0.05) is 35.6 Å². The van der Waals surface area contributed by atoms with Gasteiger partial charge in [-0.25, -0.2) is 22.5 Å². The van der Waals surface area contributed by atoms with Gasteiger partial charge < -0.3 is 4.90 Å². The first-order valence-electron chi connectivity index (χ1n) is 8.88. The van der Waals surface area contributed by atoms with Crippen LogP contribution in [-0.2, 0) is 10.0 Å². The predicted octanol–water partition coefficient (Wildman–Crippen LogP) is 3.63. The van der Waals surface area contributed by atoms with Crippen molar-refractivity contribution in [3.63, 3.8) is 0 Å². The van der Waals surface area contributed by atoms with Crippen LogP contribution in [0.5, 0.6) is 0 Å². The molecule has 0 saturated carbocycles. The summed E-state index contributed by atoms with van der Waals surface area (Å²) < 4.78 is 42.1. The van der Waals surface area contributed by atoms with Gasteiger partial charge in [0.2, 0.25) is 10.0 Å². The molecular formula is C19H20FN3O2S2. The highest BCUT2D eigenvalue weighted by atomic mass is 32.2. The number of para-hydroxylation sites is 1. The van der Waals surface area contributed by atoms with E-state index in [1.165, 1.54) is 22.9 Å². The van der Waals surface area contributed by atoms with Crippen molar-refractivity contribution in [2.45, 2.75) is 17.7 Å². The fourth-order valence-electron chi connectivity index (χ4n) is 3.29. The molecule has 0 bridgehead atoms. The summed E-state index contributed by atoms with van der Waals surface area (Å²) in [5.41, 5.74) is 1.01. The van der Waals surface area contributed by atoms with Crippen LogP contribution in [0.2, 0.25) is 0 Å². The van der Waals surface area contributed by atoms with E-state index in [9.17, 15) is 12.8 Å². The van der Waals surface area contributed by atoms with Gasteiger partial charge in [0.1, 0.15) is 10.7 Å². The third-order valence-electron chi connectivity index (χ3n) is 4.86. The van der Waals surface area contributed by atoms with E-state index in [2.05, 4.69) is 20.7 Å². The normalized spacial score (nSPS) is 16.1. The second-order valence-electron chi connectivity index (χ2n) is 6.68. The second kappa shape index (κ2) is 7.53. The Morgan fingerprint density at radius 3 is 2.56 bits per heavy atom. The van der Waals surface area contributed by atoms with Crippen molar-refractivity contribution in [2.75, 3.05) is 24.5 Å². The average molecular weight is 406 g/mol. The zero-order chi connectivity index (χ0) is 18.9. The molecule has 0 radical (unpaired) electrons. The highest BCUT2D eigenvalue weighted by Gasteiger charge is 2.24. The maximum absolute atomic E-state index is 13.7. The Hall–Kier alpha value is -2.03. The molecular weight excluding hydrogens is 385 g/mol. The van der Waals surface area contributed by atoms with Crippen LogP contribution in [0, 0.1) is 11.7 Å². The largest absolute Gasteiger partial charge is 0.348 e. The summed E-state index contributed by atoms with van der Waals surface area (Å²) >= 11 is 1.68. The summed E-state index contributed by atoms with van der Waals surface area (Å²) in [5, 5.41) is 1.02. The molecule has 8 heteroatoms. The van der Waals surface area contributed by atoms with Crippen molar-refractivity contribution < 1.29 is 12.8 Å². The topological polar surface area (TPSA) is 62.3 Å². The number of hydrogen-bond donors (Lipinski definition) is 1. The number of nitrogens with zero attached hydrogens (tertiary/aromatic N) is 2. The number of nitrogens with one attached hydrogen (secondary N) is 1. The number of halogens is 1. The highest BCUT2D eigenvalue weighted by Crippen LogP contribution is 2.31. The molecule has 1 N–H and O–H groups in total. The lowest BCUT2D eigenvalue weighted by Crippen LogP contribution is -2.38. The molecule has 0 unspecified atom stereocenters. The van der Waals surface area contributed by atoms with E-state index in [1.807, 2.05) is 18.2 Å². The van der Waals surface area contributed by atoms with Crippen molar-refractivity contribution in [3.8, 4) is 0 Å². The first-order valence-corrected chi connectivity index (χ1v) is 11.2. The molecule has 5 nitrogen and oxygen atoms in total. The van der Waals surface area contributed by atoms with Gasteiger partial charge in [0.05, 0.1) is 10.2 Å². The van der Waals surface area contributed by atoms with Crippen LogP contribution in [0.15, 0.2) is 53.4 Å². The lowest BCUT2D eigenvalue weighted by molar-refractivity contribution is 0.401. The Kier molecular flexibility index (Phi) is 5.12. The maximum Gasteiger partial charge on any atom is 0.243 e. The molecule has 1 aromatic heterocycles. The molecule has 1 fully saturated rings. The molecule has 0 spiro atoms. The number of sulfonamides is 1. The molecule has 1 saturated heterocycles. The van der Waals surface area contributed by atoms with Crippen molar-refractivity contribution >= 4 is 36.7 Å². The lowest BCUT2D eigenvalue weighted by Gasteiger charge is -2.31. The van der Waals surface area contributed by atoms with Crippen LogP contribution in [-0.4, -0.2) is 33.0 Å². The fraction of sp³-hybridized carbons (Fsp3) is 0.316. The first kappa shape index (κ1) is 18.3. The van der Waals surface area contributed by atoms with Gasteiger partial charge in [-0.15, -0.1) is 0 Å². The Balaban J connectivity index is 1.35. The number of rotatable bonds is 5. The van der Waals surface area contributed by atoms with Crippen LogP contribution in [0.3, 0.4) is 0 Å². The van der Waals surface area contributed by atoms with Gasteiger partial charge in [-0.3, -0.25) is 0 Å². The monoisotopic (exact) mass is 405 g/mol. The number of hydrogen-bond acceptors (Lipinski definition) is 5. The molecule has 4 rings (SSSR count). The van der Waals surface area contributed by atoms with Crippen LogP contribution in [0.25, 0.3) is 10.2 Å². The van der Waals surface area contributed by atoms with Crippen LogP contribution >= 0.6 is 11.3 Å². The molecule has 0 amide bonds. The van der Waals surface area contributed by atoms with Crippen LogP contribution < -0.4 is 9.62 Å². The Labute approximate surface area is 161 Å². The van der Waals surface area contributed by atoms with Gasteiger partial charge in [-0.05, 0) is 43.0 Å². The Morgan fingerprint density at radius 1 is 1.11 bits per heavy atom. The minimum Gasteiger partial charge on any atom is -0.348 e. The third kappa shape index (κ3) is 3.97. The number of piperidine rings is 1. The minimum atomic E-state index is -3.82. The molecule has 2 heterocycles. The van der Waals surface area contributed by atoms with Crippen molar-refractivity contribution in [2.24, 2.45) is 5.92 Å². The summed E-state index contributed by atoms with van der Waals surface area (Å²) in [6, 6.07) is 13.5. The van der Waals surface area contributed by atoms with E-state index in [0.29, 0.717) is 6.54 Å². The Morgan fingerprint density at radius 2 is 1.81 bits per heavy atom. The molecule has 0 aliphatic carbocycles. The van der Waals surface area contributed by atoms with Gasteiger partial charge in [0.15, 0.2) is 5.13 Å². The van der Waals surface area contributed by atoms with E-state index >= 15 is 0 Å². The van der Waals surface area contributed by atoms with Crippen LogP contribution in [0.4, 0.5) is 9.52 Å². The van der Waals surface area contributed by atoms with Crippen LogP contribution in [0.1, 0.15) is 12.8 Å². The number of thiazole rings is 1. The van der Waals surface area contributed by atoms with E-state index in [-0.39, 0.29) is 10.8 Å². The third-order valence-corrected chi connectivity index (χ3v) is 7.41. The number of anilines is 1. The van der Waals surface area contributed by atoms with E-state index in [0.717, 1.165) is 42.6 Å².